The van der Waals surface area contributed by atoms with Gasteiger partial charge in [0.05, 0.1) is 0 Å². The Kier molecular flexibility index (Phi) is 2.57. The molecule has 0 fully saturated rings. The van der Waals surface area contributed by atoms with Crippen LogP contribution in [0.4, 0.5) is 4.79 Å². The number of aromatic hydroxyl groups is 1. The number of carboxylic acids is 1. The second-order valence-corrected chi connectivity index (χ2v) is 2.35. The zero-order valence-corrected chi connectivity index (χ0v) is 6.80. The van der Waals surface area contributed by atoms with E-state index in [9.17, 15) is 9.59 Å². The van der Waals surface area contributed by atoms with E-state index in [1.165, 1.54) is 0 Å². The Morgan fingerprint density at radius 3 is 2.36 bits per heavy atom. The van der Waals surface area contributed by atoms with Crippen molar-refractivity contribution < 1.29 is 29.6 Å². The summed E-state index contributed by atoms with van der Waals surface area (Å²) in [7, 11) is 0. The number of benzene rings is 1. The predicted molar refractivity (Wildman–Crippen MR) is 43.7 cm³/mol. The molecule has 1 aromatic carbocycles. The Hall–Kier alpha value is -2.24. The summed E-state index contributed by atoms with van der Waals surface area (Å²) in [6, 6.07) is 3.10. The standard InChI is InChI=1S/C8H6O6/c9-4-1-2-6(14-8(12)13)5(3-4)7(10)11/h1-3,9H,(H,10,11)(H,12,13). The smallest absolute Gasteiger partial charge is 0.508 e. The molecule has 0 aliphatic carbocycles. The highest BCUT2D eigenvalue weighted by Gasteiger charge is 2.14. The van der Waals surface area contributed by atoms with Crippen molar-refractivity contribution in [3.63, 3.8) is 0 Å². The van der Waals surface area contributed by atoms with Gasteiger partial charge in [-0.15, -0.1) is 0 Å². The van der Waals surface area contributed by atoms with E-state index >= 15 is 0 Å². The molecular formula is C8H6O6. The van der Waals surface area contributed by atoms with Crippen LogP contribution in [-0.4, -0.2) is 27.4 Å². The van der Waals surface area contributed by atoms with Crippen LogP contribution in [-0.2, 0) is 0 Å². The topological polar surface area (TPSA) is 104 Å². The first-order chi connectivity index (χ1) is 6.50. The molecule has 1 aromatic rings. The maximum atomic E-state index is 10.6. The molecule has 0 radical (unpaired) electrons. The van der Waals surface area contributed by atoms with Crippen LogP contribution in [0.2, 0.25) is 0 Å². The molecule has 0 unspecified atom stereocenters. The number of rotatable bonds is 2. The molecule has 0 amide bonds. The maximum Gasteiger partial charge on any atom is 0.511 e. The van der Waals surface area contributed by atoms with E-state index in [0.29, 0.717) is 0 Å². The van der Waals surface area contributed by atoms with Crippen LogP contribution in [0.15, 0.2) is 18.2 Å². The summed E-state index contributed by atoms with van der Waals surface area (Å²) in [4.78, 5) is 20.7. The first-order valence-corrected chi connectivity index (χ1v) is 3.48. The molecule has 0 aliphatic rings. The fourth-order valence-corrected chi connectivity index (χ4v) is 0.868. The Morgan fingerprint density at radius 2 is 1.86 bits per heavy atom. The van der Waals surface area contributed by atoms with Crippen molar-refractivity contribution in [2.45, 2.75) is 0 Å². The van der Waals surface area contributed by atoms with E-state index < -0.39 is 17.7 Å². The third-order valence-electron chi connectivity index (χ3n) is 1.39. The van der Waals surface area contributed by atoms with Crippen molar-refractivity contribution in [1.29, 1.82) is 0 Å². The number of aromatic carboxylic acids is 1. The molecular weight excluding hydrogens is 192 g/mol. The Balaban J connectivity index is 3.14. The van der Waals surface area contributed by atoms with E-state index in [1.807, 2.05) is 0 Å². The lowest BCUT2D eigenvalue weighted by molar-refractivity contribution is 0.0692. The van der Waals surface area contributed by atoms with Crippen LogP contribution in [0, 0.1) is 0 Å². The van der Waals surface area contributed by atoms with Gasteiger partial charge in [0.2, 0.25) is 0 Å². The summed E-state index contributed by atoms with van der Waals surface area (Å²) in [5.74, 6) is -1.99. The number of carbonyl (C=O) groups is 2. The normalized spacial score (nSPS) is 9.43. The van der Waals surface area contributed by atoms with Gasteiger partial charge in [-0.3, -0.25) is 0 Å². The lowest BCUT2D eigenvalue weighted by Crippen LogP contribution is -2.07. The number of carboxylic acid groups (broad SMARTS) is 2. The average molecular weight is 198 g/mol. The SMILES string of the molecule is O=C(O)Oc1ccc(O)cc1C(=O)O. The molecule has 74 valence electrons. The first-order valence-electron chi connectivity index (χ1n) is 3.48. The summed E-state index contributed by atoms with van der Waals surface area (Å²) in [5, 5.41) is 25.8. The first kappa shape index (κ1) is 9.85. The highest BCUT2D eigenvalue weighted by molar-refractivity contribution is 5.92. The second-order valence-electron chi connectivity index (χ2n) is 2.35. The summed E-state index contributed by atoms with van der Waals surface area (Å²) >= 11 is 0. The van der Waals surface area contributed by atoms with E-state index in [1.54, 1.807) is 0 Å². The Bertz CT molecular complexity index is 383. The molecule has 0 heterocycles. The molecule has 1 rings (SSSR count). The van der Waals surface area contributed by atoms with Gasteiger partial charge in [0.25, 0.3) is 0 Å². The Morgan fingerprint density at radius 1 is 1.21 bits per heavy atom. The molecule has 0 bridgehead atoms. The fraction of sp³-hybridized carbons (Fsp3) is 0. The summed E-state index contributed by atoms with van der Waals surface area (Å²) in [5.41, 5.74) is -0.410. The predicted octanol–water partition coefficient (Wildman–Crippen LogP) is 1.15. The Labute approximate surface area is 78.0 Å². The van der Waals surface area contributed by atoms with E-state index in [2.05, 4.69) is 4.74 Å². The molecule has 6 heteroatoms. The van der Waals surface area contributed by atoms with Crippen molar-refractivity contribution in [2.24, 2.45) is 0 Å². The average Bonchev–Trinajstić information content (AvgIpc) is 2.07. The summed E-state index contributed by atoms with van der Waals surface area (Å²) < 4.78 is 4.19. The minimum atomic E-state index is -1.61. The van der Waals surface area contributed by atoms with Crippen molar-refractivity contribution >= 4 is 12.1 Å². The van der Waals surface area contributed by atoms with Crippen LogP contribution in [0.25, 0.3) is 0 Å². The van der Waals surface area contributed by atoms with Crippen LogP contribution >= 0.6 is 0 Å². The maximum absolute atomic E-state index is 10.6. The fourth-order valence-electron chi connectivity index (χ4n) is 0.868. The van der Waals surface area contributed by atoms with Crippen molar-refractivity contribution in [1.82, 2.24) is 0 Å². The number of hydrogen-bond donors (Lipinski definition) is 3. The zero-order chi connectivity index (χ0) is 10.7. The minimum Gasteiger partial charge on any atom is -0.508 e. The highest BCUT2D eigenvalue weighted by Crippen LogP contribution is 2.23. The number of phenols is 1. The third-order valence-corrected chi connectivity index (χ3v) is 1.39. The zero-order valence-electron chi connectivity index (χ0n) is 6.80. The lowest BCUT2D eigenvalue weighted by Gasteiger charge is -2.03. The number of phenolic OH excluding ortho intramolecular Hbond substituents is 1. The van der Waals surface area contributed by atoms with Crippen molar-refractivity contribution in [3.05, 3.63) is 23.8 Å². The second kappa shape index (κ2) is 3.65. The molecule has 0 aromatic heterocycles. The van der Waals surface area contributed by atoms with Crippen LogP contribution < -0.4 is 4.74 Å². The van der Waals surface area contributed by atoms with Gasteiger partial charge in [0, 0.05) is 0 Å². The molecule has 0 saturated heterocycles. The van der Waals surface area contributed by atoms with Crippen molar-refractivity contribution in [3.8, 4) is 11.5 Å². The highest BCUT2D eigenvalue weighted by atomic mass is 16.7. The monoisotopic (exact) mass is 198 g/mol. The van der Waals surface area contributed by atoms with Crippen molar-refractivity contribution in [2.75, 3.05) is 0 Å². The van der Waals surface area contributed by atoms with E-state index in [-0.39, 0.29) is 11.5 Å². The van der Waals surface area contributed by atoms with Gasteiger partial charge in [-0.05, 0) is 18.2 Å². The van der Waals surface area contributed by atoms with Gasteiger partial charge >= 0.3 is 12.1 Å². The van der Waals surface area contributed by atoms with Gasteiger partial charge in [-0.25, -0.2) is 9.59 Å². The quantitative estimate of drug-likeness (QED) is 0.486. The summed E-state index contributed by atoms with van der Waals surface area (Å²) in [6.07, 6.45) is -1.61. The van der Waals surface area contributed by atoms with Gasteiger partial charge in [-0.1, -0.05) is 0 Å². The molecule has 6 nitrogen and oxygen atoms in total. The molecule has 0 spiro atoms. The largest absolute Gasteiger partial charge is 0.511 e. The molecule has 14 heavy (non-hydrogen) atoms. The van der Waals surface area contributed by atoms with Crippen LogP contribution in [0.5, 0.6) is 11.5 Å². The van der Waals surface area contributed by atoms with Gasteiger partial charge in [-0.2, -0.15) is 0 Å². The van der Waals surface area contributed by atoms with Gasteiger partial charge in [0.1, 0.15) is 17.1 Å². The number of hydrogen-bond acceptors (Lipinski definition) is 4. The molecule has 0 aliphatic heterocycles. The summed E-state index contributed by atoms with van der Waals surface area (Å²) in [6.45, 7) is 0. The van der Waals surface area contributed by atoms with Gasteiger partial charge in [0.15, 0.2) is 0 Å². The third kappa shape index (κ3) is 2.13. The molecule has 0 saturated carbocycles. The lowest BCUT2D eigenvalue weighted by atomic mass is 10.2. The van der Waals surface area contributed by atoms with Crippen LogP contribution in [0.3, 0.4) is 0 Å². The molecule has 0 atom stereocenters. The van der Waals surface area contributed by atoms with E-state index in [4.69, 9.17) is 15.3 Å². The van der Waals surface area contributed by atoms with Gasteiger partial charge < -0.3 is 20.1 Å². The van der Waals surface area contributed by atoms with E-state index in [0.717, 1.165) is 18.2 Å². The number of ether oxygens (including phenoxy) is 1. The minimum absolute atomic E-state index is 0.278. The van der Waals surface area contributed by atoms with Crippen LogP contribution in [0.1, 0.15) is 10.4 Å². The molecule has 3 N–H and O–H groups in total.